The van der Waals surface area contributed by atoms with E-state index in [1.807, 2.05) is 30.3 Å². The highest BCUT2D eigenvalue weighted by molar-refractivity contribution is 5.96. The van der Waals surface area contributed by atoms with Crippen molar-refractivity contribution in [3.8, 4) is 11.1 Å². The molecule has 11 heteroatoms. The molecule has 4 rings (SSSR count). The molecule has 0 spiro atoms. The van der Waals surface area contributed by atoms with Crippen LogP contribution in [0.4, 0.5) is 40.7 Å². The summed E-state index contributed by atoms with van der Waals surface area (Å²) in [6.07, 6.45) is -0.823. The fraction of sp³-hybridized carbons (Fsp3) is 0.290. The molecule has 1 aliphatic heterocycles. The molecule has 0 aliphatic carbocycles. The molecule has 1 aliphatic rings. The molecule has 0 saturated carbocycles. The van der Waals surface area contributed by atoms with E-state index in [9.17, 15) is 22.8 Å². The molecule has 0 radical (unpaired) electrons. The quantitative estimate of drug-likeness (QED) is 0.234. The number of nitrogens with one attached hydrogen (secondary N) is 3. The first-order chi connectivity index (χ1) is 20.0. The van der Waals surface area contributed by atoms with Gasteiger partial charge in [-0.1, -0.05) is 30.8 Å². The molecule has 3 aromatic carbocycles. The summed E-state index contributed by atoms with van der Waals surface area (Å²) in [6, 6.07) is 18.4. The zero-order valence-corrected chi connectivity index (χ0v) is 23.4. The predicted molar refractivity (Wildman–Crippen MR) is 161 cm³/mol. The van der Waals surface area contributed by atoms with Crippen molar-refractivity contribution in [2.24, 2.45) is 5.92 Å². The number of carbonyl (C=O) groups is 2. The molecule has 1 saturated heterocycles. The van der Waals surface area contributed by atoms with Crippen molar-refractivity contribution < 1.29 is 22.8 Å². The lowest BCUT2D eigenvalue weighted by Gasteiger charge is -2.28. The average molecular weight is 581 g/mol. The van der Waals surface area contributed by atoms with Crippen LogP contribution in [0.25, 0.3) is 11.1 Å². The summed E-state index contributed by atoms with van der Waals surface area (Å²) in [5, 5.41) is 7.25. The Hall–Kier alpha value is -4.51. The fourth-order valence-corrected chi connectivity index (χ4v) is 4.83. The van der Waals surface area contributed by atoms with Gasteiger partial charge < -0.3 is 31.5 Å². The molecule has 222 valence electrons. The maximum atomic E-state index is 12.9. The fourth-order valence-electron chi connectivity index (χ4n) is 4.83. The molecule has 1 fully saturated rings. The summed E-state index contributed by atoms with van der Waals surface area (Å²) < 4.78 is 37.2. The number of nitrogen functional groups attached to an aromatic ring is 1. The smallest absolute Gasteiger partial charge is 0.397 e. The SMILES string of the molecule is C=CN(c1cccc(NC(=O)NCC(F)(F)F)c1)c1ccc(-c2cccc(C(=O)NCC3CCN(C)CC3)c2)cc1N. The van der Waals surface area contributed by atoms with Gasteiger partial charge in [-0.25, -0.2) is 4.79 Å². The standard InChI is InChI=1S/C31H35F3N6O2/c1-3-40(26-9-5-8-25(18-26)38-30(42)37-20-31(32,33)34)28-11-10-23(17-27(28)35)22-6-4-7-24(16-22)29(41)36-19-21-12-14-39(2)15-13-21/h3-11,16-18,21H,1,12-15,19-20,35H2,2H3,(H,36,41)(H2,37,38,42). The van der Waals surface area contributed by atoms with E-state index in [-0.39, 0.29) is 5.91 Å². The van der Waals surface area contributed by atoms with Gasteiger partial charge in [0.15, 0.2) is 0 Å². The van der Waals surface area contributed by atoms with E-state index in [0.717, 1.165) is 37.1 Å². The molecular formula is C31H35F3N6O2. The van der Waals surface area contributed by atoms with E-state index in [2.05, 4.69) is 29.2 Å². The number of piperidine rings is 1. The highest BCUT2D eigenvalue weighted by atomic mass is 19.4. The highest BCUT2D eigenvalue weighted by Gasteiger charge is 2.27. The number of amides is 3. The first-order valence-corrected chi connectivity index (χ1v) is 13.6. The van der Waals surface area contributed by atoms with Crippen LogP contribution >= 0.6 is 0 Å². The number of benzene rings is 3. The topological polar surface area (TPSA) is 103 Å². The number of alkyl halides is 3. The Morgan fingerprint density at radius 1 is 1.02 bits per heavy atom. The van der Waals surface area contributed by atoms with Gasteiger partial charge in [-0.2, -0.15) is 13.2 Å². The van der Waals surface area contributed by atoms with Crippen LogP contribution in [-0.2, 0) is 0 Å². The molecule has 0 unspecified atom stereocenters. The Morgan fingerprint density at radius 2 is 1.74 bits per heavy atom. The molecule has 1 heterocycles. The van der Waals surface area contributed by atoms with Gasteiger partial charge in [-0.05, 0) is 92.5 Å². The lowest BCUT2D eigenvalue weighted by atomic mass is 9.97. The van der Waals surface area contributed by atoms with E-state index >= 15 is 0 Å². The van der Waals surface area contributed by atoms with Crippen molar-refractivity contribution in [1.82, 2.24) is 15.5 Å². The van der Waals surface area contributed by atoms with Crippen LogP contribution in [0.2, 0.25) is 0 Å². The van der Waals surface area contributed by atoms with E-state index < -0.39 is 18.8 Å². The number of likely N-dealkylation sites (tertiary alicyclic amines) is 1. The van der Waals surface area contributed by atoms with Gasteiger partial charge in [-0.15, -0.1) is 0 Å². The summed E-state index contributed by atoms with van der Waals surface area (Å²) in [7, 11) is 2.11. The van der Waals surface area contributed by atoms with Crippen LogP contribution < -0.4 is 26.6 Å². The van der Waals surface area contributed by atoms with E-state index in [4.69, 9.17) is 5.73 Å². The molecular weight excluding hydrogens is 545 g/mol. The maximum Gasteiger partial charge on any atom is 0.405 e. The summed E-state index contributed by atoms with van der Waals surface area (Å²) in [5.74, 6) is 0.371. The third-order valence-corrected chi connectivity index (χ3v) is 7.15. The van der Waals surface area contributed by atoms with Gasteiger partial charge in [0, 0.05) is 29.7 Å². The number of anilines is 4. The number of nitrogens with zero attached hydrogens (tertiary/aromatic N) is 2. The van der Waals surface area contributed by atoms with Crippen molar-refractivity contribution >= 4 is 34.7 Å². The second kappa shape index (κ2) is 13.4. The minimum Gasteiger partial charge on any atom is -0.397 e. The normalized spacial score (nSPS) is 14.2. The molecule has 8 nitrogen and oxygen atoms in total. The monoisotopic (exact) mass is 580 g/mol. The first-order valence-electron chi connectivity index (χ1n) is 13.6. The Bertz CT molecular complexity index is 1420. The second-order valence-corrected chi connectivity index (χ2v) is 10.3. The van der Waals surface area contributed by atoms with E-state index in [0.29, 0.717) is 40.8 Å². The molecule has 0 aromatic heterocycles. The molecule has 5 N–H and O–H groups in total. The highest BCUT2D eigenvalue weighted by Crippen LogP contribution is 2.35. The van der Waals surface area contributed by atoms with Crippen molar-refractivity contribution in [2.75, 3.05) is 49.2 Å². The van der Waals surface area contributed by atoms with Crippen molar-refractivity contribution in [3.05, 3.63) is 85.1 Å². The molecule has 0 atom stereocenters. The van der Waals surface area contributed by atoms with Crippen molar-refractivity contribution in [3.63, 3.8) is 0 Å². The number of carbonyl (C=O) groups excluding carboxylic acids is 2. The lowest BCUT2D eigenvalue weighted by molar-refractivity contribution is -0.122. The summed E-state index contributed by atoms with van der Waals surface area (Å²) in [4.78, 5) is 28.8. The number of nitrogens with two attached hydrogens (primary N) is 1. The maximum absolute atomic E-state index is 12.9. The minimum absolute atomic E-state index is 0.112. The number of rotatable bonds is 9. The molecule has 3 amide bonds. The van der Waals surface area contributed by atoms with Crippen molar-refractivity contribution in [2.45, 2.75) is 19.0 Å². The van der Waals surface area contributed by atoms with Gasteiger partial charge in [0.25, 0.3) is 5.91 Å². The van der Waals surface area contributed by atoms with Crippen LogP contribution in [0.5, 0.6) is 0 Å². The van der Waals surface area contributed by atoms with Gasteiger partial charge in [0.1, 0.15) is 6.54 Å². The molecule has 0 bridgehead atoms. The largest absolute Gasteiger partial charge is 0.405 e. The molecule has 42 heavy (non-hydrogen) atoms. The van der Waals surface area contributed by atoms with E-state index in [1.165, 1.54) is 0 Å². The Morgan fingerprint density at radius 3 is 2.43 bits per heavy atom. The summed E-state index contributed by atoms with van der Waals surface area (Å²) in [5.41, 5.74) is 10.6. The number of hydrogen-bond donors (Lipinski definition) is 4. The van der Waals surface area contributed by atoms with Gasteiger partial charge >= 0.3 is 12.2 Å². The number of halogens is 3. The number of urea groups is 1. The summed E-state index contributed by atoms with van der Waals surface area (Å²) in [6.45, 7) is 5.17. The zero-order chi connectivity index (χ0) is 30.3. The van der Waals surface area contributed by atoms with Gasteiger partial charge in [0.05, 0.1) is 11.4 Å². The zero-order valence-electron chi connectivity index (χ0n) is 23.4. The van der Waals surface area contributed by atoms with Crippen LogP contribution in [0.3, 0.4) is 0 Å². The van der Waals surface area contributed by atoms with Crippen LogP contribution in [0.15, 0.2) is 79.5 Å². The Labute approximate surface area is 243 Å². The second-order valence-electron chi connectivity index (χ2n) is 10.3. The third kappa shape index (κ3) is 8.26. The van der Waals surface area contributed by atoms with Crippen molar-refractivity contribution in [1.29, 1.82) is 0 Å². The third-order valence-electron chi connectivity index (χ3n) is 7.15. The first kappa shape index (κ1) is 30.4. The lowest BCUT2D eigenvalue weighted by Crippen LogP contribution is -2.36. The van der Waals surface area contributed by atoms with Crippen LogP contribution in [0, 0.1) is 5.92 Å². The Balaban J connectivity index is 1.45. The predicted octanol–water partition coefficient (Wildman–Crippen LogP) is 5.97. The van der Waals surface area contributed by atoms with Crippen LogP contribution in [0.1, 0.15) is 23.2 Å². The van der Waals surface area contributed by atoms with Gasteiger partial charge in [-0.3, -0.25) is 4.79 Å². The van der Waals surface area contributed by atoms with E-state index in [1.54, 1.807) is 52.8 Å². The Kier molecular flexibility index (Phi) is 9.74. The number of hydrogen-bond acceptors (Lipinski definition) is 5. The average Bonchev–Trinajstić information content (AvgIpc) is 2.97. The molecule has 3 aromatic rings. The van der Waals surface area contributed by atoms with Gasteiger partial charge in [0.2, 0.25) is 0 Å². The minimum atomic E-state index is -4.51. The van der Waals surface area contributed by atoms with Crippen LogP contribution in [-0.4, -0.2) is 56.2 Å². The summed E-state index contributed by atoms with van der Waals surface area (Å²) >= 11 is 0.